The van der Waals surface area contributed by atoms with Gasteiger partial charge in [-0.1, -0.05) is 36.4 Å². The predicted molar refractivity (Wildman–Crippen MR) is 108 cm³/mol. The first-order chi connectivity index (χ1) is 13.6. The van der Waals surface area contributed by atoms with Crippen LogP contribution in [0.4, 0.5) is 4.39 Å². The zero-order chi connectivity index (χ0) is 19.8. The number of carbonyl (C=O) groups is 2. The summed E-state index contributed by atoms with van der Waals surface area (Å²) in [6.07, 6.45) is 2.97. The molecule has 7 heteroatoms. The number of benzene rings is 2. The third kappa shape index (κ3) is 5.46. The Bertz CT molecular complexity index is 998. The average Bonchev–Trinajstić information content (AvgIpc) is 3.23. The molecule has 0 saturated heterocycles. The maximum atomic E-state index is 13.1. The second-order valence-electron chi connectivity index (χ2n) is 5.64. The molecule has 2 amide bonds. The lowest BCUT2D eigenvalue weighted by atomic mass is 10.1. The Kier molecular flexibility index (Phi) is 6.43. The highest BCUT2D eigenvalue weighted by Crippen LogP contribution is 2.09. The summed E-state index contributed by atoms with van der Waals surface area (Å²) in [7, 11) is 0. The summed E-state index contributed by atoms with van der Waals surface area (Å²) in [5.41, 5.74) is 3.34. The molecule has 2 N–H and O–H groups in total. The average molecular weight is 393 g/mol. The van der Waals surface area contributed by atoms with Crippen molar-refractivity contribution in [2.24, 2.45) is 5.10 Å². The van der Waals surface area contributed by atoms with Crippen molar-refractivity contribution in [2.75, 3.05) is 0 Å². The van der Waals surface area contributed by atoms with Gasteiger partial charge in [0.25, 0.3) is 11.8 Å². The zero-order valence-corrected chi connectivity index (χ0v) is 15.4. The number of rotatable bonds is 6. The van der Waals surface area contributed by atoms with Crippen LogP contribution in [-0.4, -0.2) is 18.0 Å². The van der Waals surface area contributed by atoms with Crippen LogP contribution in [0.15, 0.2) is 82.9 Å². The molecule has 0 atom stereocenters. The number of amides is 2. The SMILES string of the molecule is O=C(N/N=C\c1cccs1)/C(=C/c1ccc(F)cc1)NC(=O)c1ccccc1. The van der Waals surface area contributed by atoms with Gasteiger partial charge in [0.1, 0.15) is 11.5 Å². The molecule has 0 radical (unpaired) electrons. The van der Waals surface area contributed by atoms with Gasteiger partial charge >= 0.3 is 0 Å². The predicted octanol–water partition coefficient (Wildman–Crippen LogP) is 3.81. The van der Waals surface area contributed by atoms with E-state index in [4.69, 9.17) is 0 Å². The second kappa shape index (κ2) is 9.38. The van der Waals surface area contributed by atoms with Crippen molar-refractivity contribution in [3.8, 4) is 0 Å². The largest absolute Gasteiger partial charge is 0.317 e. The molecule has 2 aromatic carbocycles. The first-order valence-corrected chi connectivity index (χ1v) is 9.20. The monoisotopic (exact) mass is 393 g/mol. The molecule has 0 spiro atoms. The summed E-state index contributed by atoms with van der Waals surface area (Å²) in [6, 6.07) is 17.8. The molecular weight excluding hydrogens is 377 g/mol. The van der Waals surface area contributed by atoms with Gasteiger partial charge < -0.3 is 5.32 Å². The van der Waals surface area contributed by atoms with Crippen molar-refractivity contribution in [1.82, 2.24) is 10.7 Å². The van der Waals surface area contributed by atoms with Crippen LogP contribution in [0.25, 0.3) is 6.08 Å². The van der Waals surface area contributed by atoms with E-state index in [9.17, 15) is 14.0 Å². The van der Waals surface area contributed by atoms with Gasteiger partial charge in [-0.25, -0.2) is 9.82 Å². The Morgan fingerprint density at radius 1 is 0.964 bits per heavy atom. The minimum absolute atomic E-state index is 0.0104. The molecule has 28 heavy (non-hydrogen) atoms. The first kappa shape index (κ1) is 19.2. The number of nitrogens with zero attached hydrogens (tertiary/aromatic N) is 1. The summed E-state index contributed by atoms with van der Waals surface area (Å²) in [6.45, 7) is 0. The molecular formula is C21H16FN3O2S. The van der Waals surface area contributed by atoms with Gasteiger partial charge in [0.05, 0.1) is 6.21 Å². The lowest BCUT2D eigenvalue weighted by Crippen LogP contribution is -2.32. The molecule has 0 aliphatic rings. The molecule has 1 aromatic heterocycles. The Balaban J connectivity index is 1.79. The molecule has 0 saturated carbocycles. The summed E-state index contributed by atoms with van der Waals surface area (Å²) < 4.78 is 13.1. The Morgan fingerprint density at radius 2 is 1.71 bits per heavy atom. The number of carbonyl (C=O) groups excluding carboxylic acids is 2. The second-order valence-corrected chi connectivity index (χ2v) is 6.62. The first-order valence-electron chi connectivity index (χ1n) is 8.32. The van der Waals surface area contributed by atoms with Gasteiger partial charge in [0.2, 0.25) is 0 Å². The third-order valence-corrected chi connectivity index (χ3v) is 4.42. The van der Waals surface area contributed by atoms with Crippen molar-refractivity contribution in [2.45, 2.75) is 0 Å². The van der Waals surface area contributed by atoms with Gasteiger partial charge in [0, 0.05) is 10.4 Å². The topological polar surface area (TPSA) is 70.6 Å². The van der Waals surface area contributed by atoms with Crippen molar-refractivity contribution in [3.05, 3.63) is 99.6 Å². The molecule has 3 rings (SSSR count). The number of hydrogen-bond acceptors (Lipinski definition) is 4. The molecule has 1 heterocycles. The molecule has 0 unspecified atom stereocenters. The van der Waals surface area contributed by atoms with Gasteiger partial charge in [-0.15, -0.1) is 11.3 Å². The molecule has 5 nitrogen and oxygen atoms in total. The minimum Gasteiger partial charge on any atom is -0.317 e. The van der Waals surface area contributed by atoms with Gasteiger partial charge in [-0.05, 0) is 47.4 Å². The van der Waals surface area contributed by atoms with Gasteiger partial charge in [-0.2, -0.15) is 5.10 Å². The van der Waals surface area contributed by atoms with Crippen molar-refractivity contribution in [1.29, 1.82) is 0 Å². The van der Waals surface area contributed by atoms with Crippen LogP contribution in [0.3, 0.4) is 0 Å². The van der Waals surface area contributed by atoms with Crippen LogP contribution < -0.4 is 10.7 Å². The van der Waals surface area contributed by atoms with E-state index in [2.05, 4.69) is 15.8 Å². The fraction of sp³-hybridized carbons (Fsp3) is 0. The molecule has 0 fully saturated rings. The Labute approximate surface area is 165 Å². The maximum absolute atomic E-state index is 13.1. The maximum Gasteiger partial charge on any atom is 0.287 e. The van der Waals surface area contributed by atoms with Crippen LogP contribution in [0, 0.1) is 5.82 Å². The van der Waals surface area contributed by atoms with Gasteiger partial charge in [0.15, 0.2) is 0 Å². The molecule has 0 aliphatic heterocycles. The van der Waals surface area contributed by atoms with E-state index in [1.54, 1.807) is 30.3 Å². The zero-order valence-electron chi connectivity index (χ0n) is 14.6. The highest BCUT2D eigenvalue weighted by Gasteiger charge is 2.14. The summed E-state index contributed by atoms with van der Waals surface area (Å²) in [5, 5.41) is 8.38. The van der Waals surface area contributed by atoms with E-state index in [-0.39, 0.29) is 5.70 Å². The number of hydrogen-bond donors (Lipinski definition) is 2. The normalized spacial score (nSPS) is 11.4. The van der Waals surface area contributed by atoms with Crippen molar-refractivity contribution in [3.63, 3.8) is 0 Å². The van der Waals surface area contributed by atoms with E-state index in [0.717, 1.165) is 4.88 Å². The van der Waals surface area contributed by atoms with Crippen LogP contribution >= 0.6 is 11.3 Å². The molecule has 0 aliphatic carbocycles. The van der Waals surface area contributed by atoms with E-state index in [0.29, 0.717) is 11.1 Å². The number of halogens is 1. The lowest BCUT2D eigenvalue weighted by molar-refractivity contribution is -0.117. The van der Waals surface area contributed by atoms with Crippen LogP contribution in [0.5, 0.6) is 0 Å². The smallest absolute Gasteiger partial charge is 0.287 e. The number of nitrogens with one attached hydrogen (secondary N) is 2. The summed E-state index contributed by atoms with van der Waals surface area (Å²) in [4.78, 5) is 25.8. The van der Waals surface area contributed by atoms with E-state index in [1.807, 2.05) is 17.5 Å². The van der Waals surface area contributed by atoms with Crippen LogP contribution in [-0.2, 0) is 4.79 Å². The van der Waals surface area contributed by atoms with Crippen LogP contribution in [0.1, 0.15) is 20.8 Å². The Morgan fingerprint density at radius 3 is 2.39 bits per heavy atom. The lowest BCUT2D eigenvalue weighted by Gasteiger charge is -2.09. The van der Waals surface area contributed by atoms with E-state index >= 15 is 0 Å². The standard InChI is InChI=1S/C21H16FN3O2S/c22-17-10-8-15(9-11-17)13-19(24-20(26)16-5-2-1-3-6-16)21(27)25-23-14-18-7-4-12-28-18/h1-14H,(H,24,26)(H,25,27)/b19-13-,23-14-. The van der Waals surface area contributed by atoms with Gasteiger partial charge in [-0.3, -0.25) is 9.59 Å². The molecule has 140 valence electrons. The fourth-order valence-electron chi connectivity index (χ4n) is 2.25. The number of thiophene rings is 1. The Hall–Kier alpha value is -3.58. The summed E-state index contributed by atoms with van der Waals surface area (Å²) in [5.74, 6) is -1.43. The summed E-state index contributed by atoms with van der Waals surface area (Å²) >= 11 is 1.47. The third-order valence-electron chi connectivity index (χ3n) is 3.61. The minimum atomic E-state index is -0.596. The molecule has 0 bridgehead atoms. The number of hydrazone groups is 1. The fourth-order valence-corrected chi connectivity index (χ4v) is 2.83. The van der Waals surface area contributed by atoms with E-state index in [1.165, 1.54) is 47.9 Å². The van der Waals surface area contributed by atoms with Crippen molar-refractivity contribution >= 4 is 35.4 Å². The molecule has 3 aromatic rings. The van der Waals surface area contributed by atoms with Crippen LogP contribution in [0.2, 0.25) is 0 Å². The van der Waals surface area contributed by atoms with Crippen molar-refractivity contribution < 1.29 is 14.0 Å². The quantitative estimate of drug-likeness (QED) is 0.380. The van der Waals surface area contributed by atoms with E-state index < -0.39 is 17.6 Å². The highest BCUT2D eigenvalue weighted by atomic mass is 32.1. The highest BCUT2D eigenvalue weighted by molar-refractivity contribution is 7.11.